The first-order chi connectivity index (χ1) is 15.4. The summed E-state index contributed by atoms with van der Waals surface area (Å²) in [4.78, 5) is 18.3. The van der Waals surface area contributed by atoms with Gasteiger partial charge in [0.05, 0.1) is 4.92 Å². The third-order valence-electron chi connectivity index (χ3n) is 3.71. The van der Waals surface area contributed by atoms with Crippen LogP contribution in [0.25, 0.3) is 0 Å². The molecule has 0 unspecified atom stereocenters. The fraction of sp³-hybridized carbons (Fsp3) is 0.111. The van der Waals surface area contributed by atoms with E-state index in [9.17, 15) is 36.5 Å². The molecule has 1 aromatic heterocycles. The van der Waals surface area contributed by atoms with Gasteiger partial charge in [0, 0.05) is 11.4 Å². The molecule has 3 rings (SSSR count). The number of anilines is 4. The molecular formula is C18H11F6N5O4. The second-order valence-electron chi connectivity index (χ2n) is 6.07. The van der Waals surface area contributed by atoms with Gasteiger partial charge in [0.25, 0.3) is 0 Å². The van der Waals surface area contributed by atoms with Gasteiger partial charge < -0.3 is 20.1 Å². The molecule has 0 spiro atoms. The van der Waals surface area contributed by atoms with Gasteiger partial charge in [-0.3, -0.25) is 10.1 Å². The number of rotatable bonds is 7. The number of nitro groups is 1. The number of hydrogen-bond acceptors (Lipinski definition) is 8. The summed E-state index contributed by atoms with van der Waals surface area (Å²) in [6.45, 7) is 0. The summed E-state index contributed by atoms with van der Waals surface area (Å²) in [5.41, 5.74) is -0.305. The Labute approximate surface area is 180 Å². The van der Waals surface area contributed by atoms with Crippen molar-refractivity contribution >= 4 is 28.7 Å². The van der Waals surface area contributed by atoms with Crippen LogP contribution in [0.3, 0.4) is 0 Å². The van der Waals surface area contributed by atoms with Crippen molar-refractivity contribution in [2.75, 3.05) is 10.6 Å². The maximum absolute atomic E-state index is 12.3. The van der Waals surface area contributed by atoms with Crippen molar-refractivity contribution in [1.82, 2.24) is 9.97 Å². The molecule has 0 aliphatic heterocycles. The van der Waals surface area contributed by atoms with Crippen LogP contribution in [0.4, 0.5) is 55.0 Å². The highest BCUT2D eigenvalue weighted by atomic mass is 19.4. The maximum atomic E-state index is 12.3. The van der Waals surface area contributed by atoms with Gasteiger partial charge in [-0.2, -0.15) is 0 Å². The molecule has 2 aromatic carbocycles. The molecule has 3 aromatic rings. The van der Waals surface area contributed by atoms with E-state index in [1.54, 1.807) is 0 Å². The van der Waals surface area contributed by atoms with Crippen molar-refractivity contribution in [1.29, 1.82) is 0 Å². The van der Waals surface area contributed by atoms with E-state index in [2.05, 4.69) is 30.1 Å². The van der Waals surface area contributed by atoms with Crippen LogP contribution in [0, 0.1) is 10.1 Å². The topological polar surface area (TPSA) is 111 Å². The number of alkyl halides is 6. The van der Waals surface area contributed by atoms with E-state index in [0.717, 1.165) is 30.6 Å². The van der Waals surface area contributed by atoms with Gasteiger partial charge in [-0.15, -0.1) is 26.3 Å². The Morgan fingerprint density at radius 2 is 1.09 bits per heavy atom. The Bertz CT molecular complexity index is 1040. The Balaban J connectivity index is 1.81. The van der Waals surface area contributed by atoms with Gasteiger partial charge in [-0.05, 0) is 48.5 Å². The van der Waals surface area contributed by atoms with Crippen molar-refractivity contribution < 1.29 is 40.7 Å². The smallest absolute Gasteiger partial charge is 0.406 e. The van der Waals surface area contributed by atoms with Crippen LogP contribution < -0.4 is 20.1 Å². The van der Waals surface area contributed by atoms with E-state index in [4.69, 9.17) is 0 Å². The molecule has 0 amide bonds. The summed E-state index contributed by atoms with van der Waals surface area (Å²) in [6, 6.07) is 8.69. The Morgan fingerprint density at radius 3 is 1.39 bits per heavy atom. The molecule has 2 N–H and O–H groups in total. The molecule has 0 saturated heterocycles. The van der Waals surface area contributed by atoms with Crippen molar-refractivity contribution in [3.63, 3.8) is 0 Å². The molecule has 174 valence electrons. The van der Waals surface area contributed by atoms with Crippen molar-refractivity contribution in [3.8, 4) is 11.5 Å². The van der Waals surface area contributed by atoms with Crippen LogP contribution in [0.15, 0.2) is 54.9 Å². The molecule has 1 heterocycles. The van der Waals surface area contributed by atoms with Crippen LogP contribution >= 0.6 is 0 Å². The Hall–Kier alpha value is -4.30. The standard InChI is InChI=1S/C18H11F6N5O4/c19-17(20,21)32-12-5-1-10(2-6-12)27-15-14(29(30)31)16(26-9-25-15)28-11-3-7-13(8-4-11)33-18(22,23)24/h1-9H,(H2,25,26,27,28). The quantitative estimate of drug-likeness (QED) is 0.256. The van der Waals surface area contributed by atoms with Gasteiger partial charge in [0.1, 0.15) is 17.8 Å². The summed E-state index contributed by atoms with van der Waals surface area (Å²) >= 11 is 0. The molecule has 0 saturated carbocycles. The molecule has 0 fully saturated rings. The van der Waals surface area contributed by atoms with Crippen LogP contribution in [-0.2, 0) is 0 Å². The van der Waals surface area contributed by atoms with E-state index in [1.165, 1.54) is 24.3 Å². The lowest BCUT2D eigenvalue weighted by Gasteiger charge is -2.12. The zero-order valence-electron chi connectivity index (χ0n) is 15.9. The Morgan fingerprint density at radius 1 is 0.727 bits per heavy atom. The largest absolute Gasteiger partial charge is 0.573 e. The zero-order valence-corrected chi connectivity index (χ0v) is 15.9. The monoisotopic (exact) mass is 475 g/mol. The highest BCUT2D eigenvalue weighted by Crippen LogP contribution is 2.34. The summed E-state index contributed by atoms with van der Waals surface area (Å²) in [6.07, 6.45) is -8.78. The van der Waals surface area contributed by atoms with E-state index in [-0.39, 0.29) is 23.0 Å². The van der Waals surface area contributed by atoms with Crippen LogP contribution in [0.2, 0.25) is 0 Å². The zero-order chi connectivity index (χ0) is 24.2. The average molecular weight is 475 g/mol. The molecule has 33 heavy (non-hydrogen) atoms. The van der Waals surface area contributed by atoms with E-state index < -0.39 is 34.8 Å². The van der Waals surface area contributed by atoms with Gasteiger partial charge in [-0.25, -0.2) is 9.97 Å². The van der Waals surface area contributed by atoms with Gasteiger partial charge in [0.15, 0.2) is 0 Å². The normalized spacial score (nSPS) is 11.6. The number of aromatic nitrogens is 2. The molecule has 0 radical (unpaired) electrons. The minimum absolute atomic E-state index is 0.158. The predicted octanol–water partition coefficient (Wildman–Crippen LogP) is 5.67. The number of nitrogens with one attached hydrogen (secondary N) is 2. The van der Waals surface area contributed by atoms with Crippen molar-refractivity contribution in [2.24, 2.45) is 0 Å². The average Bonchev–Trinajstić information content (AvgIpc) is 2.69. The second kappa shape index (κ2) is 9.05. The molecule has 0 bridgehead atoms. The van der Waals surface area contributed by atoms with Crippen molar-refractivity contribution in [2.45, 2.75) is 12.7 Å². The number of benzene rings is 2. The second-order valence-corrected chi connectivity index (χ2v) is 6.07. The van der Waals surface area contributed by atoms with E-state index >= 15 is 0 Å². The highest BCUT2D eigenvalue weighted by molar-refractivity contribution is 5.76. The van der Waals surface area contributed by atoms with Crippen LogP contribution in [0.1, 0.15) is 0 Å². The first-order valence-corrected chi connectivity index (χ1v) is 8.65. The lowest BCUT2D eigenvalue weighted by molar-refractivity contribution is -0.383. The molecular weight excluding hydrogens is 464 g/mol. The molecule has 0 aliphatic rings. The highest BCUT2D eigenvalue weighted by Gasteiger charge is 2.32. The first-order valence-electron chi connectivity index (χ1n) is 8.65. The lowest BCUT2D eigenvalue weighted by atomic mass is 10.3. The fourth-order valence-electron chi connectivity index (χ4n) is 2.49. The molecule has 9 nitrogen and oxygen atoms in total. The molecule has 0 atom stereocenters. The number of halogens is 6. The van der Waals surface area contributed by atoms with Crippen molar-refractivity contribution in [3.05, 3.63) is 65.0 Å². The fourth-order valence-corrected chi connectivity index (χ4v) is 2.49. The number of hydrogen-bond donors (Lipinski definition) is 2. The van der Waals surface area contributed by atoms with E-state index in [0.29, 0.717) is 0 Å². The predicted molar refractivity (Wildman–Crippen MR) is 102 cm³/mol. The third-order valence-corrected chi connectivity index (χ3v) is 3.71. The number of nitrogens with zero attached hydrogens (tertiary/aromatic N) is 3. The third kappa shape index (κ3) is 6.84. The van der Waals surface area contributed by atoms with Gasteiger partial charge >= 0.3 is 18.4 Å². The van der Waals surface area contributed by atoms with Crippen LogP contribution in [0.5, 0.6) is 11.5 Å². The SMILES string of the molecule is O=[N+]([O-])c1c(Nc2ccc(OC(F)(F)F)cc2)ncnc1Nc1ccc(OC(F)(F)F)cc1. The van der Waals surface area contributed by atoms with Gasteiger partial charge in [0.2, 0.25) is 11.6 Å². The minimum atomic E-state index is -4.88. The summed E-state index contributed by atoms with van der Waals surface area (Å²) in [5.74, 6) is -1.57. The Kier molecular flexibility index (Phi) is 6.41. The van der Waals surface area contributed by atoms with Crippen LogP contribution in [-0.4, -0.2) is 27.6 Å². The summed E-state index contributed by atoms with van der Waals surface area (Å²) in [5, 5.41) is 16.8. The lowest BCUT2D eigenvalue weighted by Crippen LogP contribution is -2.17. The first kappa shape index (κ1) is 23.4. The van der Waals surface area contributed by atoms with E-state index in [1.807, 2.05) is 0 Å². The molecule has 15 heteroatoms. The summed E-state index contributed by atoms with van der Waals surface area (Å²) in [7, 11) is 0. The summed E-state index contributed by atoms with van der Waals surface area (Å²) < 4.78 is 81.0. The number of ether oxygens (including phenoxy) is 2. The maximum Gasteiger partial charge on any atom is 0.573 e. The minimum Gasteiger partial charge on any atom is -0.406 e. The van der Waals surface area contributed by atoms with Gasteiger partial charge in [-0.1, -0.05) is 0 Å². The molecule has 0 aliphatic carbocycles.